The van der Waals surface area contributed by atoms with E-state index in [0.717, 1.165) is 18.7 Å². The van der Waals surface area contributed by atoms with Crippen molar-refractivity contribution in [3.05, 3.63) is 30.3 Å². The fourth-order valence-electron chi connectivity index (χ4n) is 3.03. The second kappa shape index (κ2) is 13.9. The Morgan fingerprint density at radius 3 is 1.92 bits per heavy atom. The van der Waals surface area contributed by atoms with Gasteiger partial charge in [-0.3, -0.25) is 4.79 Å². The van der Waals surface area contributed by atoms with Crippen molar-refractivity contribution in [2.75, 3.05) is 18.0 Å². The molecular weight excluding hydrogens is 298 g/mol. The first-order chi connectivity index (χ1) is 11.7. The molecule has 136 valence electrons. The van der Waals surface area contributed by atoms with Gasteiger partial charge < -0.3 is 10.0 Å². The van der Waals surface area contributed by atoms with Crippen LogP contribution in [0.4, 0.5) is 5.69 Å². The quantitative estimate of drug-likeness (QED) is 0.407. The fourth-order valence-corrected chi connectivity index (χ4v) is 3.03. The van der Waals surface area contributed by atoms with E-state index in [4.69, 9.17) is 5.11 Å². The second-order valence-corrected chi connectivity index (χ2v) is 6.65. The SMILES string of the molecule is CCCCCCCCCCCCN(CCC(=O)O)c1ccccc1. The molecule has 0 spiro atoms. The Hall–Kier alpha value is -1.51. The van der Waals surface area contributed by atoms with Crippen molar-refractivity contribution < 1.29 is 9.90 Å². The van der Waals surface area contributed by atoms with Gasteiger partial charge in [0.2, 0.25) is 0 Å². The summed E-state index contributed by atoms with van der Waals surface area (Å²) in [7, 11) is 0. The van der Waals surface area contributed by atoms with E-state index in [-0.39, 0.29) is 6.42 Å². The minimum absolute atomic E-state index is 0.201. The van der Waals surface area contributed by atoms with Crippen LogP contribution in [0, 0.1) is 0 Å². The van der Waals surface area contributed by atoms with Crippen LogP contribution in [0.3, 0.4) is 0 Å². The molecule has 0 fully saturated rings. The second-order valence-electron chi connectivity index (χ2n) is 6.65. The van der Waals surface area contributed by atoms with Crippen LogP contribution in [0.2, 0.25) is 0 Å². The van der Waals surface area contributed by atoms with Crippen molar-refractivity contribution in [3.63, 3.8) is 0 Å². The molecule has 0 saturated heterocycles. The number of benzene rings is 1. The van der Waals surface area contributed by atoms with Gasteiger partial charge in [0.15, 0.2) is 0 Å². The van der Waals surface area contributed by atoms with E-state index in [1.54, 1.807) is 0 Å². The monoisotopic (exact) mass is 333 g/mol. The molecule has 0 aliphatic heterocycles. The predicted molar refractivity (Wildman–Crippen MR) is 103 cm³/mol. The minimum Gasteiger partial charge on any atom is -0.481 e. The van der Waals surface area contributed by atoms with Crippen LogP contribution in [-0.4, -0.2) is 24.2 Å². The average Bonchev–Trinajstić information content (AvgIpc) is 2.59. The van der Waals surface area contributed by atoms with Crippen molar-refractivity contribution in [2.24, 2.45) is 0 Å². The summed E-state index contributed by atoms with van der Waals surface area (Å²) in [5.41, 5.74) is 1.13. The van der Waals surface area contributed by atoms with Crippen molar-refractivity contribution in [1.82, 2.24) is 0 Å². The van der Waals surface area contributed by atoms with Gasteiger partial charge in [-0.05, 0) is 18.6 Å². The van der Waals surface area contributed by atoms with E-state index in [0.29, 0.717) is 6.54 Å². The number of unbranched alkanes of at least 4 members (excludes halogenated alkanes) is 9. The van der Waals surface area contributed by atoms with Crippen LogP contribution in [0.5, 0.6) is 0 Å². The van der Waals surface area contributed by atoms with Gasteiger partial charge in [-0.15, -0.1) is 0 Å². The largest absolute Gasteiger partial charge is 0.481 e. The molecule has 1 rings (SSSR count). The van der Waals surface area contributed by atoms with Crippen LogP contribution in [-0.2, 0) is 4.79 Å². The highest BCUT2D eigenvalue weighted by atomic mass is 16.4. The summed E-state index contributed by atoms with van der Waals surface area (Å²) in [6.07, 6.45) is 13.5. The first-order valence-corrected chi connectivity index (χ1v) is 9.76. The van der Waals surface area contributed by atoms with Crippen molar-refractivity contribution >= 4 is 11.7 Å². The molecule has 0 heterocycles. The molecule has 24 heavy (non-hydrogen) atoms. The molecule has 0 aromatic heterocycles. The lowest BCUT2D eigenvalue weighted by molar-refractivity contribution is -0.136. The number of hydrogen-bond donors (Lipinski definition) is 1. The third-order valence-corrected chi connectivity index (χ3v) is 4.50. The molecule has 1 N–H and O–H groups in total. The standard InChI is InChI=1S/C21H35NO2/c1-2-3-4-5-6-7-8-9-10-14-18-22(19-17-21(23)24)20-15-12-11-13-16-20/h11-13,15-16H,2-10,14,17-19H2,1H3,(H,23,24). The van der Waals surface area contributed by atoms with E-state index in [2.05, 4.69) is 24.0 Å². The topological polar surface area (TPSA) is 40.5 Å². The number of carbonyl (C=O) groups is 1. The lowest BCUT2D eigenvalue weighted by atomic mass is 10.1. The molecule has 1 aromatic rings. The molecule has 0 unspecified atom stereocenters. The Bertz CT molecular complexity index is 419. The molecule has 0 saturated carbocycles. The van der Waals surface area contributed by atoms with Crippen LogP contribution in [0.15, 0.2) is 30.3 Å². The maximum Gasteiger partial charge on any atom is 0.305 e. The van der Waals surface area contributed by atoms with Crippen LogP contribution >= 0.6 is 0 Å². The number of para-hydroxylation sites is 1. The summed E-state index contributed by atoms with van der Waals surface area (Å²) in [4.78, 5) is 13.1. The van der Waals surface area contributed by atoms with Crippen LogP contribution < -0.4 is 4.90 Å². The molecule has 3 heteroatoms. The normalized spacial score (nSPS) is 10.7. The number of anilines is 1. The molecular formula is C21H35NO2. The van der Waals surface area contributed by atoms with E-state index in [9.17, 15) is 4.79 Å². The van der Waals surface area contributed by atoms with Gasteiger partial charge in [0.25, 0.3) is 0 Å². The smallest absolute Gasteiger partial charge is 0.305 e. The highest BCUT2D eigenvalue weighted by Gasteiger charge is 2.08. The van der Waals surface area contributed by atoms with Crippen LogP contribution in [0.25, 0.3) is 0 Å². The van der Waals surface area contributed by atoms with Gasteiger partial charge in [0.1, 0.15) is 0 Å². The number of rotatable bonds is 15. The Morgan fingerprint density at radius 2 is 1.38 bits per heavy atom. The zero-order valence-corrected chi connectivity index (χ0v) is 15.4. The lowest BCUT2D eigenvalue weighted by Gasteiger charge is -2.24. The van der Waals surface area contributed by atoms with Crippen LogP contribution in [0.1, 0.15) is 77.6 Å². The predicted octanol–water partition coefficient (Wildman–Crippen LogP) is 5.89. The summed E-state index contributed by atoms with van der Waals surface area (Å²) < 4.78 is 0. The van der Waals surface area contributed by atoms with E-state index in [1.807, 2.05) is 18.2 Å². The lowest BCUT2D eigenvalue weighted by Crippen LogP contribution is -2.27. The molecule has 0 aliphatic carbocycles. The number of aliphatic carboxylic acids is 1. The van der Waals surface area contributed by atoms with E-state index < -0.39 is 5.97 Å². The molecule has 0 radical (unpaired) electrons. The first-order valence-electron chi connectivity index (χ1n) is 9.76. The number of nitrogens with zero attached hydrogens (tertiary/aromatic N) is 1. The van der Waals surface area contributed by atoms with E-state index >= 15 is 0 Å². The summed E-state index contributed by atoms with van der Waals surface area (Å²) in [6, 6.07) is 10.2. The molecule has 0 amide bonds. The maximum atomic E-state index is 10.9. The Balaban J connectivity index is 2.15. The zero-order chi connectivity index (χ0) is 17.5. The van der Waals surface area contributed by atoms with Gasteiger partial charge >= 0.3 is 5.97 Å². The highest BCUT2D eigenvalue weighted by Crippen LogP contribution is 2.16. The van der Waals surface area contributed by atoms with Crippen molar-refractivity contribution in [2.45, 2.75) is 77.6 Å². The average molecular weight is 334 g/mol. The third kappa shape index (κ3) is 10.3. The summed E-state index contributed by atoms with van der Waals surface area (Å²) in [5.74, 6) is -0.723. The highest BCUT2D eigenvalue weighted by molar-refractivity contribution is 5.67. The number of carboxylic acid groups (broad SMARTS) is 1. The fraction of sp³-hybridized carbons (Fsp3) is 0.667. The van der Waals surface area contributed by atoms with Crippen molar-refractivity contribution in [1.29, 1.82) is 0 Å². The Labute approximate surface area is 148 Å². The van der Waals surface area contributed by atoms with Crippen molar-refractivity contribution in [3.8, 4) is 0 Å². The van der Waals surface area contributed by atoms with Gasteiger partial charge in [-0.1, -0.05) is 82.9 Å². The van der Waals surface area contributed by atoms with E-state index in [1.165, 1.54) is 57.8 Å². The Kier molecular flexibility index (Phi) is 11.9. The zero-order valence-electron chi connectivity index (χ0n) is 15.4. The Morgan fingerprint density at radius 1 is 0.833 bits per heavy atom. The third-order valence-electron chi connectivity index (χ3n) is 4.50. The van der Waals surface area contributed by atoms with Gasteiger partial charge in [-0.2, -0.15) is 0 Å². The minimum atomic E-state index is -0.723. The summed E-state index contributed by atoms with van der Waals surface area (Å²) in [5, 5.41) is 8.93. The number of hydrogen-bond acceptors (Lipinski definition) is 2. The molecule has 0 aliphatic rings. The molecule has 3 nitrogen and oxygen atoms in total. The van der Waals surface area contributed by atoms with Gasteiger partial charge in [-0.25, -0.2) is 0 Å². The molecule has 0 atom stereocenters. The molecule has 0 bridgehead atoms. The summed E-state index contributed by atoms with van der Waals surface area (Å²) in [6.45, 7) is 3.81. The van der Waals surface area contributed by atoms with Gasteiger partial charge in [0, 0.05) is 18.8 Å². The first kappa shape index (κ1) is 20.5. The number of carboxylic acids is 1. The molecule has 1 aromatic carbocycles. The summed E-state index contributed by atoms with van der Waals surface area (Å²) >= 11 is 0. The van der Waals surface area contributed by atoms with Gasteiger partial charge in [0.05, 0.1) is 6.42 Å². The maximum absolute atomic E-state index is 10.9.